The van der Waals surface area contributed by atoms with Crippen LogP contribution in [0.5, 0.6) is 5.75 Å². The molecule has 1 nitrogen and oxygen atoms in total. The third-order valence-corrected chi connectivity index (χ3v) is 13.2. The molecule has 6 rings (SSSR count). The molecule has 0 spiro atoms. The molecule has 0 aromatic heterocycles. The van der Waals surface area contributed by atoms with Gasteiger partial charge in [0.2, 0.25) is 0 Å². The molecule has 0 heterocycles. The Labute approximate surface area is 258 Å². The van der Waals surface area contributed by atoms with Gasteiger partial charge in [-0.3, -0.25) is 0 Å². The lowest BCUT2D eigenvalue weighted by Crippen LogP contribution is -2.48. The zero-order valence-corrected chi connectivity index (χ0v) is 27.2. The summed E-state index contributed by atoms with van der Waals surface area (Å²) in [5.41, 5.74) is 14.9. The highest BCUT2D eigenvalue weighted by Crippen LogP contribution is 2.51. The molecule has 216 valence electrons. The van der Waals surface area contributed by atoms with Crippen LogP contribution < -0.4 is 9.92 Å². The summed E-state index contributed by atoms with van der Waals surface area (Å²) in [4.78, 5) is 0. The van der Waals surface area contributed by atoms with Crippen LogP contribution in [-0.2, 0) is 12.8 Å². The molecule has 2 heteroatoms. The highest BCUT2D eigenvalue weighted by Gasteiger charge is 2.44. The zero-order valence-electron chi connectivity index (χ0n) is 26.2. The van der Waals surface area contributed by atoms with Gasteiger partial charge < -0.3 is 4.74 Å². The summed E-state index contributed by atoms with van der Waals surface area (Å²) in [6.07, 6.45) is 3.95. The van der Waals surface area contributed by atoms with Gasteiger partial charge in [0.25, 0.3) is 0 Å². The molecule has 0 saturated carbocycles. The van der Waals surface area contributed by atoms with Crippen LogP contribution in [0.2, 0.25) is 13.1 Å². The molecule has 0 aliphatic heterocycles. The van der Waals surface area contributed by atoms with Crippen molar-refractivity contribution in [2.75, 3.05) is 6.61 Å². The smallest absolute Gasteiger partial charge is 0.121 e. The van der Waals surface area contributed by atoms with Crippen LogP contribution in [0.15, 0.2) is 116 Å². The van der Waals surface area contributed by atoms with E-state index in [-0.39, 0.29) is 5.54 Å². The minimum Gasteiger partial charge on any atom is -0.489 e. The van der Waals surface area contributed by atoms with Crippen molar-refractivity contribution in [2.24, 2.45) is 0 Å². The molecule has 0 bridgehead atoms. The maximum atomic E-state index is 6.39. The van der Waals surface area contributed by atoms with Gasteiger partial charge in [0.15, 0.2) is 0 Å². The van der Waals surface area contributed by atoms with E-state index >= 15 is 0 Å². The fourth-order valence-electron chi connectivity index (χ4n) is 6.91. The molecule has 1 aliphatic rings. The highest BCUT2D eigenvalue weighted by atomic mass is 28.3. The van der Waals surface area contributed by atoms with Gasteiger partial charge in [-0.1, -0.05) is 143 Å². The minimum absolute atomic E-state index is 0.287. The molecule has 1 aliphatic carbocycles. The summed E-state index contributed by atoms with van der Waals surface area (Å²) in [6, 6.07) is 39.1. The third-order valence-electron chi connectivity index (χ3n) is 9.38. The topological polar surface area (TPSA) is 9.23 Å². The molecule has 0 saturated heterocycles. The summed E-state index contributed by atoms with van der Waals surface area (Å²) < 4.78 is 6.39. The van der Waals surface area contributed by atoms with Crippen molar-refractivity contribution in [3.8, 4) is 39.1 Å². The Balaban J connectivity index is 1.54. The summed E-state index contributed by atoms with van der Waals surface area (Å²) in [7, 11) is -2.21. The minimum atomic E-state index is -2.21. The van der Waals surface area contributed by atoms with E-state index in [0.29, 0.717) is 6.61 Å². The van der Waals surface area contributed by atoms with Gasteiger partial charge >= 0.3 is 0 Å². The highest BCUT2D eigenvalue weighted by molar-refractivity contribution is 6.92. The first kappa shape index (κ1) is 29.0. The van der Waals surface area contributed by atoms with Crippen LogP contribution in [0.3, 0.4) is 0 Å². The first-order valence-corrected chi connectivity index (χ1v) is 18.7. The number of benzene rings is 5. The quantitative estimate of drug-likeness (QED) is 0.125. The Morgan fingerprint density at radius 2 is 1.16 bits per heavy atom. The van der Waals surface area contributed by atoms with Crippen molar-refractivity contribution >= 4 is 13.3 Å². The lowest BCUT2D eigenvalue weighted by atomic mass is 9.97. The van der Waals surface area contributed by atoms with E-state index in [1.807, 2.05) is 6.08 Å². The molecule has 5 aromatic rings. The second-order valence-electron chi connectivity index (χ2n) is 12.4. The first-order valence-electron chi connectivity index (χ1n) is 15.7. The van der Waals surface area contributed by atoms with Crippen LogP contribution in [0, 0.1) is 6.92 Å². The van der Waals surface area contributed by atoms with Crippen molar-refractivity contribution in [3.05, 3.63) is 144 Å². The molecule has 43 heavy (non-hydrogen) atoms. The Bertz CT molecular complexity index is 1680. The molecule has 0 radical (unpaired) electrons. The van der Waals surface area contributed by atoms with Crippen molar-refractivity contribution < 1.29 is 4.74 Å². The van der Waals surface area contributed by atoms with Crippen LogP contribution in [0.25, 0.3) is 33.4 Å². The third kappa shape index (κ3) is 5.30. The molecular weight excluding hydrogens is 537 g/mol. The average Bonchev–Trinajstić information content (AvgIpc) is 3.38. The van der Waals surface area contributed by atoms with Gasteiger partial charge in [0.1, 0.15) is 12.4 Å². The lowest BCUT2D eigenvalue weighted by molar-refractivity contribution is 0.363. The Morgan fingerprint density at radius 3 is 1.63 bits per heavy atom. The number of hydrogen-bond donors (Lipinski definition) is 0. The SMILES string of the molecule is C=CCOc1c(C)cccc1[Si](C)(C)C1c2cc(-c3ccc(CC)cc3)ccc2-c2ccc(-c3ccc(CC)cc3)cc21. The number of aryl methyl sites for hydroxylation is 3. The van der Waals surface area contributed by atoms with E-state index in [1.54, 1.807) is 0 Å². The number of rotatable bonds is 9. The van der Waals surface area contributed by atoms with Crippen LogP contribution in [0.4, 0.5) is 0 Å². The second-order valence-corrected chi connectivity index (χ2v) is 17.0. The van der Waals surface area contributed by atoms with Crippen molar-refractivity contribution in [3.63, 3.8) is 0 Å². The van der Waals surface area contributed by atoms with Gasteiger partial charge in [-0.05, 0) is 86.2 Å². The van der Waals surface area contributed by atoms with Crippen LogP contribution >= 0.6 is 0 Å². The number of ether oxygens (including phenoxy) is 1. The van der Waals surface area contributed by atoms with Gasteiger partial charge in [-0.15, -0.1) is 0 Å². The largest absolute Gasteiger partial charge is 0.489 e. The fourth-order valence-corrected chi connectivity index (χ4v) is 10.6. The normalized spacial score (nSPS) is 12.6. The van der Waals surface area contributed by atoms with E-state index in [9.17, 15) is 0 Å². The summed E-state index contributed by atoms with van der Waals surface area (Å²) in [5, 5.41) is 1.37. The van der Waals surface area contributed by atoms with E-state index in [0.717, 1.165) is 18.6 Å². The molecular formula is C41H42OSi. The Morgan fingerprint density at radius 1 is 0.674 bits per heavy atom. The van der Waals surface area contributed by atoms with Crippen LogP contribution in [-0.4, -0.2) is 14.7 Å². The molecule has 0 unspecified atom stereocenters. The van der Waals surface area contributed by atoms with E-state index < -0.39 is 8.07 Å². The predicted octanol–water partition coefficient (Wildman–Crippen LogP) is 10.3. The first-order chi connectivity index (χ1) is 20.8. The number of hydrogen-bond acceptors (Lipinski definition) is 1. The maximum Gasteiger partial charge on any atom is 0.121 e. The zero-order chi connectivity index (χ0) is 30.1. The molecule has 0 N–H and O–H groups in total. The standard InChI is InChI=1S/C41H42OSi/c1-7-25-42-40-28(4)11-10-12-39(40)43(5,6)41-37-26-33(31-17-13-29(8-2)14-18-31)21-23-35(37)36-24-22-34(27-38(36)41)32-19-15-30(9-3)16-20-32/h7,10-24,26-27,41H,1,8-9,25H2,2-6H3. The van der Waals surface area contributed by atoms with Gasteiger partial charge in [0.05, 0.1) is 8.07 Å². The summed E-state index contributed by atoms with van der Waals surface area (Å²) in [5.74, 6) is 1.03. The maximum absolute atomic E-state index is 6.39. The van der Waals surface area contributed by atoms with Gasteiger partial charge in [-0.2, -0.15) is 0 Å². The predicted molar refractivity (Wildman–Crippen MR) is 187 cm³/mol. The van der Waals surface area contributed by atoms with Gasteiger partial charge in [0, 0.05) is 5.54 Å². The Hall–Kier alpha value is -4.14. The lowest BCUT2D eigenvalue weighted by Gasteiger charge is -2.34. The molecule has 5 aromatic carbocycles. The molecule has 0 atom stereocenters. The van der Waals surface area contributed by atoms with E-state index in [4.69, 9.17) is 4.74 Å². The number of para-hydroxylation sites is 1. The molecule has 0 fully saturated rings. The van der Waals surface area contributed by atoms with E-state index in [1.165, 1.54) is 66.4 Å². The van der Waals surface area contributed by atoms with Crippen molar-refractivity contribution in [1.82, 2.24) is 0 Å². The van der Waals surface area contributed by atoms with Gasteiger partial charge in [-0.25, -0.2) is 0 Å². The van der Waals surface area contributed by atoms with Crippen molar-refractivity contribution in [1.29, 1.82) is 0 Å². The fraction of sp³-hybridized carbons (Fsp3) is 0.220. The van der Waals surface area contributed by atoms with E-state index in [2.05, 4.69) is 144 Å². The second kappa shape index (κ2) is 11.9. The molecule has 0 amide bonds. The monoisotopic (exact) mass is 578 g/mol. The van der Waals surface area contributed by atoms with Crippen LogP contribution in [0.1, 0.15) is 47.2 Å². The van der Waals surface area contributed by atoms with Crippen molar-refractivity contribution in [2.45, 2.75) is 52.2 Å². The summed E-state index contributed by atoms with van der Waals surface area (Å²) >= 11 is 0. The Kier molecular flexibility index (Phi) is 7.98. The average molecular weight is 579 g/mol. The summed E-state index contributed by atoms with van der Waals surface area (Å²) in [6.45, 7) is 16.1. The number of fused-ring (bicyclic) bond motifs is 3.